The molecule has 1 rings (SSSR count). The van der Waals surface area contributed by atoms with Gasteiger partial charge in [0.15, 0.2) is 9.84 Å². The van der Waals surface area contributed by atoms with Crippen molar-refractivity contribution in [2.24, 2.45) is 5.41 Å². The van der Waals surface area contributed by atoms with Crippen LogP contribution in [-0.2, 0) is 9.84 Å². The number of benzene rings is 1. The molecule has 112 valence electrons. The molecule has 4 nitrogen and oxygen atoms in total. The lowest BCUT2D eigenvalue weighted by atomic mass is 9.86. The molecule has 0 aromatic heterocycles. The maximum absolute atomic E-state index is 12.9. The molecule has 0 amide bonds. The first-order valence-electron chi connectivity index (χ1n) is 6.64. The van der Waals surface area contributed by atoms with Gasteiger partial charge in [-0.2, -0.15) is 10.5 Å². The van der Waals surface area contributed by atoms with Gasteiger partial charge in [0.25, 0.3) is 0 Å². The van der Waals surface area contributed by atoms with Crippen molar-refractivity contribution in [1.29, 1.82) is 10.5 Å². The van der Waals surface area contributed by atoms with E-state index in [2.05, 4.69) is 0 Å². The predicted molar refractivity (Wildman–Crippen MR) is 81.2 cm³/mol. The molecule has 5 heteroatoms. The van der Waals surface area contributed by atoms with E-state index in [9.17, 15) is 13.7 Å². The third-order valence-corrected chi connectivity index (χ3v) is 5.75. The molecule has 1 aromatic rings. The summed E-state index contributed by atoms with van der Waals surface area (Å²) >= 11 is 0. The summed E-state index contributed by atoms with van der Waals surface area (Å²) in [4.78, 5) is -0.0571. The Balaban J connectivity index is 3.54. The Labute approximate surface area is 126 Å². The summed E-state index contributed by atoms with van der Waals surface area (Å²) in [6.45, 7) is 9.24. The summed E-state index contributed by atoms with van der Waals surface area (Å²) in [5.74, 6) is 0. The number of nitriles is 2. The van der Waals surface area contributed by atoms with Crippen LogP contribution in [0.3, 0.4) is 0 Å². The first-order chi connectivity index (χ1) is 9.46. The van der Waals surface area contributed by atoms with Gasteiger partial charge in [0.05, 0.1) is 20.8 Å². The highest BCUT2D eigenvalue weighted by atomic mass is 32.2. The van der Waals surface area contributed by atoms with Gasteiger partial charge in [0.1, 0.15) is 12.1 Å². The molecule has 0 radical (unpaired) electrons. The minimum atomic E-state index is -3.72. The smallest absolute Gasteiger partial charge is 0.184 e. The van der Waals surface area contributed by atoms with E-state index in [4.69, 9.17) is 5.26 Å². The van der Waals surface area contributed by atoms with Crippen molar-refractivity contribution in [3.05, 3.63) is 29.3 Å². The standard InChI is InChI=1S/C16H20N2O2S/c1-15(2,3)11-16(4,5)21(19,20)14-8-6-7-12(9-17)13(14)10-18/h6-8H,11H2,1-5H3. The Morgan fingerprint density at radius 3 is 2.05 bits per heavy atom. The van der Waals surface area contributed by atoms with Crippen LogP contribution < -0.4 is 0 Å². The molecule has 0 saturated carbocycles. The molecular weight excluding hydrogens is 284 g/mol. The van der Waals surface area contributed by atoms with Gasteiger partial charge in [-0.05, 0) is 37.8 Å². The molecule has 0 saturated heterocycles. The van der Waals surface area contributed by atoms with Crippen LogP contribution in [0.5, 0.6) is 0 Å². The van der Waals surface area contributed by atoms with Gasteiger partial charge in [0.2, 0.25) is 0 Å². The van der Waals surface area contributed by atoms with Crippen LogP contribution in [0.2, 0.25) is 0 Å². The van der Waals surface area contributed by atoms with Crippen LogP contribution in [-0.4, -0.2) is 13.2 Å². The fraction of sp³-hybridized carbons (Fsp3) is 0.500. The van der Waals surface area contributed by atoms with E-state index in [1.165, 1.54) is 18.2 Å². The lowest BCUT2D eigenvalue weighted by molar-refractivity contribution is 0.329. The minimum Gasteiger partial charge on any atom is -0.223 e. The van der Waals surface area contributed by atoms with E-state index in [0.717, 1.165) is 0 Å². The predicted octanol–water partition coefficient (Wildman–Crippen LogP) is 3.42. The monoisotopic (exact) mass is 304 g/mol. The molecular formula is C16H20N2O2S. The summed E-state index contributed by atoms with van der Waals surface area (Å²) in [6.07, 6.45) is 0.448. The topological polar surface area (TPSA) is 81.7 Å². The van der Waals surface area contributed by atoms with Crippen LogP contribution in [0.25, 0.3) is 0 Å². The van der Waals surface area contributed by atoms with Gasteiger partial charge in [-0.3, -0.25) is 0 Å². The Kier molecular flexibility index (Phi) is 4.51. The largest absolute Gasteiger partial charge is 0.223 e. The molecule has 0 unspecified atom stereocenters. The highest BCUT2D eigenvalue weighted by molar-refractivity contribution is 7.92. The third-order valence-electron chi connectivity index (χ3n) is 3.23. The van der Waals surface area contributed by atoms with Crippen LogP contribution >= 0.6 is 0 Å². The molecule has 0 heterocycles. The molecule has 0 aliphatic heterocycles. The van der Waals surface area contributed by atoms with Crippen molar-refractivity contribution in [2.45, 2.75) is 50.7 Å². The molecule has 0 bridgehead atoms. The number of hydrogen-bond donors (Lipinski definition) is 0. The van der Waals surface area contributed by atoms with Gasteiger partial charge < -0.3 is 0 Å². The molecule has 21 heavy (non-hydrogen) atoms. The number of sulfone groups is 1. The molecule has 0 fully saturated rings. The maximum atomic E-state index is 12.9. The van der Waals surface area contributed by atoms with Crippen molar-refractivity contribution in [1.82, 2.24) is 0 Å². The normalized spacial score (nSPS) is 12.5. The van der Waals surface area contributed by atoms with Crippen molar-refractivity contribution < 1.29 is 8.42 Å². The maximum Gasteiger partial charge on any atom is 0.184 e. The summed E-state index contributed by atoms with van der Waals surface area (Å²) < 4.78 is 24.8. The lowest BCUT2D eigenvalue weighted by Crippen LogP contribution is -2.36. The molecule has 0 aliphatic carbocycles. The molecule has 0 atom stereocenters. The van der Waals surface area contributed by atoms with Gasteiger partial charge >= 0.3 is 0 Å². The molecule has 0 spiro atoms. The zero-order valence-electron chi connectivity index (χ0n) is 13.1. The first-order valence-corrected chi connectivity index (χ1v) is 8.12. The van der Waals surface area contributed by atoms with Crippen molar-refractivity contribution in [3.63, 3.8) is 0 Å². The van der Waals surface area contributed by atoms with Gasteiger partial charge in [-0.15, -0.1) is 0 Å². The van der Waals surface area contributed by atoms with Crippen LogP contribution in [0, 0.1) is 28.1 Å². The van der Waals surface area contributed by atoms with Gasteiger partial charge in [-0.1, -0.05) is 26.8 Å². The minimum absolute atomic E-state index is 0.0571. The Bertz CT molecular complexity index is 727. The Morgan fingerprint density at radius 2 is 1.62 bits per heavy atom. The van der Waals surface area contributed by atoms with Crippen molar-refractivity contribution in [2.75, 3.05) is 0 Å². The second-order valence-corrected chi connectivity index (χ2v) is 9.45. The molecule has 1 aromatic carbocycles. The first kappa shape index (κ1) is 17.2. The summed E-state index contributed by atoms with van der Waals surface area (Å²) in [5.41, 5.74) is -0.150. The summed E-state index contributed by atoms with van der Waals surface area (Å²) in [5, 5.41) is 18.3. The van der Waals surface area contributed by atoms with Gasteiger partial charge in [-0.25, -0.2) is 8.42 Å². The Morgan fingerprint density at radius 1 is 1.05 bits per heavy atom. The Hall–Kier alpha value is -1.85. The van der Waals surface area contributed by atoms with E-state index in [0.29, 0.717) is 6.42 Å². The van der Waals surface area contributed by atoms with E-state index in [-0.39, 0.29) is 21.4 Å². The number of nitrogens with zero attached hydrogens (tertiary/aromatic N) is 2. The van der Waals surface area contributed by atoms with E-state index >= 15 is 0 Å². The van der Waals surface area contributed by atoms with Crippen molar-refractivity contribution >= 4 is 9.84 Å². The van der Waals surface area contributed by atoms with Crippen LogP contribution in [0.4, 0.5) is 0 Å². The van der Waals surface area contributed by atoms with E-state index in [1.807, 2.05) is 32.9 Å². The average molecular weight is 304 g/mol. The highest BCUT2D eigenvalue weighted by Gasteiger charge is 2.40. The average Bonchev–Trinajstić information content (AvgIpc) is 2.34. The highest BCUT2D eigenvalue weighted by Crippen LogP contribution is 2.37. The SMILES string of the molecule is CC(C)(C)CC(C)(C)S(=O)(=O)c1cccc(C#N)c1C#N. The van der Waals surface area contributed by atoms with E-state index in [1.54, 1.807) is 13.8 Å². The number of hydrogen-bond acceptors (Lipinski definition) is 4. The quantitative estimate of drug-likeness (QED) is 0.856. The zero-order chi connectivity index (χ0) is 16.5. The third kappa shape index (κ3) is 3.43. The summed E-state index contributed by atoms with van der Waals surface area (Å²) in [6, 6.07) is 8.08. The lowest BCUT2D eigenvalue weighted by Gasteiger charge is -2.32. The zero-order valence-corrected chi connectivity index (χ0v) is 13.9. The van der Waals surface area contributed by atoms with E-state index < -0.39 is 14.6 Å². The second kappa shape index (κ2) is 5.50. The fourth-order valence-corrected chi connectivity index (χ4v) is 4.53. The van der Waals surface area contributed by atoms with Crippen LogP contribution in [0.15, 0.2) is 23.1 Å². The molecule has 0 N–H and O–H groups in total. The number of rotatable bonds is 3. The second-order valence-electron chi connectivity index (χ2n) is 6.90. The summed E-state index contributed by atoms with van der Waals surface area (Å²) in [7, 11) is -3.72. The molecule has 0 aliphatic rings. The van der Waals surface area contributed by atoms with Crippen LogP contribution in [0.1, 0.15) is 52.2 Å². The van der Waals surface area contributed by atoms with Crippen molar-refractivity contribution in [3.8, 4) is 12.1 Å². The fourth-order valence-electron chi connectivity index (χ4n) is 2.63. The van der Waals surface area contributed by atoms with Gasteiger partial charge in [0, 0.05) is 0 Å².